The number of nitrogens with zero attached hydrogens (tertiary/aromatic N) is 3. The molecule has 8 nitrogen and oxygen atoms in total. The molecule has 2 atom stereocenters. The predicted octanol–water partition coefficient (Wildman–Crippen LogP) is 0.0654. The highest BCUT2D eigenvalue weighted by Crippen LogP contribution is 2.43. The van der Waals surface area contributed by atoms with Gasteiger partial charge in [0.05, 0.1) is 26.1 Å². The Bertz CT molecular complexity index is 452. The average molecular weight is 271 g/mol. The van der Waals surface area contributed by atoms with Gasteiger partial charge in [0.1, 0.15) is 0 Å². The molecule has 1 heterocycles. The van der Waals surface area contributed by atoms with Gasteiger partial charge < -0.3 is 5.11 Å². The minimum Gasteiger partial charge on any atom is -0.395 e. The van der Waals surface area contributed by atoms with Crippen LogP contribution in [0, 0.1) is 20.2 Å². The summed E-state index contributed by atoms with van der Waals surface area (Å²) in [4.78, 5) is 23.7. The zero-order valence-corrected chi connectivity index (χ0v) is 10.7. The Hall–Kier alpha value is -1.54. The fourth-order valence-electron chi connectivity index (χ4n) is 3.19. The van der Waals surface area contributed by atoms with Crippen molar-refractivity contribution in [1.29, 1.82) is 0 Å². The maximum Gasteiger partial charge on any atom is 0.262 e. The van der Waals surface area contributed by atoms with Crippen LogP contribution in [-0.4, -0.2) is 57.2 Å². The van der Waals surface area contributed by atoms with Crippen molar-refractivity contribution >= 4 is 0 Å². The molecule has 0 saturated carbocycles. The summed E-state index contributed by atoms with van der Waals surface area (Å²) in [6.07, 6.45) is 1.78. The lowest BCUT2D eigenvalue weighted by Gasteiger charge is -2.45. The number of fused-ring (bicyclic) bond motifs is 2. The van der Waals surface area contributed by atoms with Crippen LogP contribution in [0.1, 0.15) is 19.8 Å². The molecule has 1 fully saturated rings. The van der Waals surface area contributed by atoms with Gasteiger partial charge in [-0.1, -0.05) is 6.08 Å². The van der Waals surface area contributed by atoms with Gasteiger partial charge >= 0.3 is 0 Å². The normalized spacial score (nSPS) is 34.7. The first-order chi connectivity index (χ1) is 8.86. The number of rotatable bonds is 4. The maximum absolute atomic E-state index is 11.5. The highest BCUT2D eigenvalue weighted by molar-refractivity contribution is 5.25. The van der Waals surface area contributed by atoms with Crippen molar-refractivity contribution in [2.75, 3.05) is 26.2 Å². The molecule has 1 saturated heterocycles. The van der Waals surface area contributed by atoms with Crippen molar-refractivity contribution in [3.05, 3.63) is 31.9 Å². The van der Waals surface area contributed by atoms with Crippen LogP contribution >= 0.6 is 0 Å². The second-order valence-corrected chi connectivity index (χ2v) is 5.47. The molecule has 2 rings (SSSR count). The molecule has 0 aromatic heterocycles. The maximum atomic E-state index is 11.5. The third kappa shape index (κ3) is 2.00. The van der Waals surface area contributed by atoms with Gasteiger partial charge in [-0.15, -0.1) is 0 Å². The topological polar surface area (TPSA) is 110 Å². The third-order valence-electron chi connectivity index (χ3n) is 4.30. The smallest absolute Gasteiger partial charge is 0.262 e. The van der Waals surface area contributed by atoms with Crippen LogP contribution in [0.5, 0.6) is 0 Å². The van der Waals surface area contributed by atoms with Gasteiger partial charge in [0.25, 0.3) is 5.54 Å². The molecule has 106 valence electrons. The van der Waals surface area contributed by atoms with Crippen LogP contribution in [0.25, 0.3) is 0 Å². The Morgan fingerprint density at radius 2 is 2.05 bits per heavy atom. The summed E-state index contributed by atoms with van der Waals surface area (Å²) >= 11 is 0. The summed E-state index contributed by atoms with van der Waals surface area (Å²) in [5, 5.41) is 31.8. The molecule has 2 bridgehead atoms. The lowest BCUT2D eigenvalue weighted by Crippen LogP contribution is -2.67. The van der Waals surface area contributed by atoms with Crippen molar-refractivity contribution in [3.8, 4) is 0 Å². The van der Waals surface area contributed by atoms with Crippen LogP contribution in [0.15, 0.2) is 11.6 Å². The van der Waals surface area contributed by atoms with Crippen molar-refractivity contribution in [2.45, 2.75) is 30.8 Å². The SMILES string of the molecule is CC1=CC[C@]2([N+](=O)[O-])CN(CCO)C[C@]1([N+](=O)[O-])C2. The van der Waals surface area contributed by atoms with Gasteiger partial charge in [0, 0.05) is 28.4 Å². The molecule has 2 aliphatic rings. The van der Waals surface area contributed by atoms with Gasteiger partial charge in [0.2, 0.25) is 5.54 Å². The number of hydrogen-bond acceptors (Lipinski definition) is 6. The van der Waals surface area contributed by atoms with Crippen molar-refractivity contribution in [1.82, 2.24) is 4.90 Å². The standard InChI is InChI=1S/C11H17N3O5/c1-9-2-3-10(13(16)17)6-11(9,14(18)19)8-12(7-10)4-5-15/h2,15H,3-8H2,1H3/t10-,11-/m1/s1. The number of nitro groups is 2. The van der Waals surface area contributed by atoms with E-state index in [-0.39, 0.29) is 39.1 Å². The van der Waals surface area contributed by atoms with Gasteiger partial charge in [0.15, 0.2) is 0 Å². The predicted molar refractivity (Wildman–Crippen MR) is 66.0 cm³/mol. The second kappa shape index (κ2) is 4.53. The van der Waals surface area contributed by atoms with E-state index in [1.807, 2.05) is 0 Å². The quantitative estimate of drug-likeness (QED) is 0.440. The highest BCUT2D eigenvalue weighted by Gasteiger charge is 2.64. The zero-order chi connectivity index (χ0) is 14.3. The molecule has 0 amide bonds. The lowest BCUT2D eigenvalue weighted by molar-refractivity contribution is -0.621. The van der Waals surface area contributed by atoms with Crippen LogP contribution in [0.2, 0.25) is 0 Å². The van der Waals surface area contributed by atoms with E-state index in [0.29, 0.717) is 5.57 Å². The molecular formula is C11H17N3O5. The minimum absolute atomic E-state index is 0.0652. The summed E-state index contributed by atoms with van der Waals surface area (Å²) in [6, 6.07) is 0. The summed E-state index contributed by atoms with van der Waals surface area (Å²) in [5.74, 6) is 0. The Kier molecular flexibility index (Phi) is 3.31. The molecule has 1 aliphatic heterocycles. The fourth-order valence-corrected chi connectivity index (χ4v) is 3.19. The summed E-state index contributed by atoms with van der Waals surface area (Å²) in [7, 11) is 0. The van der Waals surface area contributed by atoms with Crippen LogP contribution in [-0.2, 0) is 0 Å². The second-order valence-electron chi connectivity index (χ2n) is 5.47. The molecule has 8 heteroatoms. The average Bonchev–Trinajstić information content (AvgIpc) is 2.34. The Labute approximate surface area is 110 Å². The van der Waals surface area contributed by atoms with Gasteiger partial charge in [-0.25, -0.2) is 0 Å². The summed E-state index contributed by atoms with van der Waals surface area (Å²) in [6.45, 7) is 2.00. The molecule has 0 aromatic rings. The van der Waals surface area contributed by atoms with Crippen LogP contribution in [0.3, 0.4) is 0 Å². The number of likely N-dealkylation sites (tertiary alicyclic amines) is 1. The van der Waals surface area contributed by atoms with Gasteiger partial charge in [-0.2, -0.15) is 0 Å². The Morgan fingerprint density at radius 3 is 2.58 bits per heavy atom. The van der Waals surface area contributed by atoms with E-state index in [2.05, 4.69) is 0 Å². The van der Waals surface area contributed by atoms with E-state index in [1.165, 1.54) is 0 Å². The minimum atomic E-state index is -1.39. The number of aliphatic hydroxyl groups is 1. The monoisotopic (exact) mass is 271 g/mol. The number of aliphatic hydroxyl groups excluding tert-OH is 1. The van der Waals surface area contributed by atoms with E-state index >= 15 is 0 Å². The van der Waals surface area contributed by atoms with E-state index in [4.69, 9.17) is 5.11 Å². The van der Waals surface area contributed by atoms with Crippen molar-refractivity contribution in [3.63, 3.8) is 0 Å². The highest BCUT2D eigenvalue weighted by atomic mass is 16.6. The van der Waals surface area contributed by atoms with E-state index < -0.39 is 20.9 Å². The summed E-state index contributed by atoms with van der Waals surface area (Å²) in [5.41, 5.74) is -2.11. The van der Waals surface area contributed by atoms with E-state index in [0.717, 1.165) is 0 Å². The first-order valence-electron chi connectivity index (χ1n) is 6.16. The van der Waals surface area contributed by atoms with Crippen molar-refractivity contribution in [2.24, 2.45) is 0 Å². The number of β-amino-alcohol motifs (C(OH)–C–C–N with tert-alkyl or cyclic N) is 1. The molecule has 0 radical (unpaired) electrons. The molecule has 1 N–H and O–H groups in total. The Morgan fingerprint density at radius 1 is 1.37 bits per heavy atom. The molecule has 1 aliphatic carbocycles. The lowest BCUT2D eigenvalue weighted by atomic mass is 9.68. The van der Waals surface area contributed by atoms with Crippen LogP contribution in [0.4, 0.5) is 0 Å². The first kappa shape index (κ1) is 13.9. The molecular weight excluding hydrogens is 254 g/mol. The number of hydrogen-bond donors (Lipinski definition) is 1. The first-order valence-corrected chi connectivity index (χ1v) is 6.16. The fraction of sp³-hybridized carbons (Fsp3) is 0.818. The molecule has 0 spiro atoms. The largest absolute Gasteiger partial charge is 0.395 e. The van der Waals surface area contributed by atoms with Crippen LogP contribution < -0.4 is 0 Å². The number of piperidine rings is 1. The van der Waals surface area contributed by atoms with Crippen molar-refractivity contribution < 1.29 is 15.0 Å². The van der Waals surface area contributed by atoms with E-state index in [1.54, 1.807) is 17.9 Å². The molecule has 0 aromatic carbocycles. The van der Waals surface area contributed by atoms with E-state index in [9.17, 15) is 20.2 Å². The molecule has 19 heavy (non-hydrogen) atoms. The van der Waals surface area contributed by atoms with Gasteiger partial charge in [-0.05, 0) is 6.92 Å². The zero-order valence-electron chi connectivity index (χ0n) is 10.7. The molecule has 0 unspecified atom stereocenters. The third-order valence-corrected chi connectivity index (χ3v) is 4.30. The van der Waals surface area contributed by atoms with Gasteiger partial charge in [-0.3, -0.25) is 25.1 Å². The Balaban J connectivity index is 2.46. The summed E-state index contributed by atoms with van der Waals surface area (Å²) < 4.78 is 0.